The van der Waals surface area contributed by atoms with Crippen LogP contribution >= 0.6 is 0 Å². The Bertz CT molecular complexity index is 1500. The summed E-state index contributed by atoms with van der Waals surface area (Å²) in [6.07, 6.45) is 6.74. The second kappa shape index (κ2) is 16.6. The zero-order valence-electron chi connectivity index (χ0n) is 27.1. The second-order valence-corrected chi connectivity index (χ2v) is 16.3. The van der Waals surface area contributed by atoms with Crippen molar-refractivity contribution in [2.24, 2.45) is 5.92 Å². The average Bonchev–Trinajstić information content (AvgIpc) is 2.97. The zero-order valence-corrected chi connectivity index (χ0v) is 28.7. The fourth-order valence-electron chi connectivity index (χ4n) is 5.51. The van der Waals surface area contributed by atoms with Crippen LogP contribution in [0.25, 0.3) is 10.8 Å². The van der Waals surface area contributed by atoms with Gasteiger partial charge in [-0.15, -0.1) is 0 Å². The topological polar surface area (TPSA) is 64.7 Å². The first-order valence-electron chi connectivity index (χ1n) is 15.7. The Hall–Kier alpha value is -2.36. The number of hydrogen-bond donors (Lipinski definition) is 2. The van der Waals surface area contributed by atoms with E-state index in [1.165, 1.54) is 25.7 Å². The predicted octanol–water partition coefficient (Wildman–Crippen LogP) is 6.37. The van der Waals surface area contributed by atoms with Gasteiger partial charge in [0.25, 0.3) is 0 Å². The van der Waals surface area contributed by atoms with Gasteiger partial charge in [0, 0.05) is 55.1 Å². The van der Waals surface area contributed by atoms with Crippen LogP contribution < -0.4 is 14.3 Å². The highest BCUT2D eigenvalue weighted by atomic mass is 32.2. The number of fused-ring (bicyclic) bond motifs is 1. The maximum absolute atomic E-state index is 13.8. The van der Waals surface area contributed by atoms with E-state index in [0.29, 0.717) is 19.0 Å². The molecule has 0 aromatic heterocycles. The lowest BCUT2D eigenvalue weighted by atomic mass is 10.0. The van der Waals surface area contributed by atoms with Gasteiger partial charge >= 0.3 is 0 Å². The number of hydrogen-bond acceptors (Lipinski definition) is 4. The van der Waals surface area contributed by atoms with Gasteiger partial charge < -0.3 is 9.80 Å². The molecule has 0 saturated carbocycles. The van der Waals surface area contributed by atoms with E-state index in [4.69, 9.17) is 0 Å². The van der Waals surface area contributed by atoms with Gasteiger partial charge in [-0.3, -0.25) is 0 Å². The molecule has 0 spiro atoms. The lowest BCUT2D eigenvalue weighted by Crippen LogP contribution is -2.35. The third kappa shape index (κ3) is 10.6. The van der Waals surface area contributed by atoms with Crippen molar-refractivity contribution in [2.75, 3.05) is 51.7 Å². The van der Waals surface area contributed by atoms with Gasteiger partial charge in [-0.25, -0.2) is 17.9 Å². The molecule has 3 aromatic carbocycles. The highest BCUT2D eigenvalue weighted by molar-refractivity contribution is 7.99. The molecule has 0 aliphatic heterocycles. The first-order valence-corrected chi connectivity index (χ1v) is 19.1. The van der Waals surface area contributed by atoms with E-state index in [1.807, 2.05) is 69.6 Å². The molecule has 3 atom stereocenters. The number of anilines is 1. The van der Waals surface area contributed by atoms with E-state index in [2.05, 4.69) is 57.0 Å². The minimum atomic E-state index is -2.67. The van der Waals surface area contributed by atoms with Crippen molar-refractivity contribution in [1.29, 1.82) is 0 Å². The van der Waals surface area contributed by atoms with Crippen molar-refractivity contribution >= 4 is 47.6 Å². The Morgan fingerprint density at radius 2 is 1.40 bits per heavy atom. The molecule has 0 saturated heterocycles. The van der Waals surface area contributed by atoms with Crippen LogP contribution in [0.2, 0.25) is 0 Å². The third-order valence-corrected chi connectivity index (χ3v) is 11.4. The maximum Gasteiger partial charge on any atom is 0.0539 e. The third-order valence-electron chi connectivity index (χ3n) is 7.94. The Morgan fingerprint density at radius 1 is 0.791 bits per heavy atom. The molecule has 8 heteroatoms. The van der Waals surface area contributed by atoms with Crippen LogP contribution in [-0.4, -0.2) is 71.9 Å². The van der Waals surface area contributed by atoms with Crippen LogP contribution in [0.3, 0.4) is 0 Å². The van der Waals surface area contributed by atoms with E-state index >= 15 is 0 Å². The highest BCUT2D eigenvalue weighted by Gasteiger charge is 2.15. The Kier molecular flexibility index (Phi) is 13.6. The largest absolute Gasteiger partial charge is 0.377 e. The molecule has 2 N–H and O–H groups in total. The number of rotatable bonds is 19. The Labute approximate surface area is 262 Å². The molecule has 0 bridgehead atoms. The molecule has 3 rings (SSSR count). The zero-order chi connectivity index (χ0) is 31.5. The fraction of sp³-hybridized carbons (Fsp3) is 0.486. The van der Waals surface area contributed by atoms with E-state index < -0.39 is 19.4 Å². The molecule has 0 aliphatic rings. The lowest BCUT2D eigenvalue weighted by Gasteiger charge is -2.26. The Morgan fingerprint density at radius 3 is 2.02 bits per heavy atom. The van der Waals surface area contributed by atoms with Crippen molar-refractivity contribution in [3.63, 3.8) is 0 Å². The van der Waals surface area contributed by atoms with Crippen LogP contribution in [0.5, 0.6) is 0 Å². The summed E-state index contributed by atoms with van der Waals surface area (Å²) in [6.45, 7) is 10.7. The predicted molar refractivity (Wildman–Crippen MR) is 191 cm³/mol. The van der Waals surface area contributed by atoms with Crippen molar-refractivity contribution in [1.82, 2.24) is 14.3 Å². The summed E-state index contributed by atoms with van der Waals surface area (Å²) >= 11 is 0. The minimum Gasteiger partial charge on any atom is -0.377 e. The maximum atomic E-state index is 13.8. The van der Waals surface area contributed by atoms with Gasteiger partial charge in [-0.05, 0) is 81.2 Å². The number of aryl methyl sites for hydroxylation is 1. The number of nitrogens with one attached hydrogen (secondary N) is 2. The molecule has 3 unspecified atom stereocenters. The van der Waals surface area contributed by atoms with Crippen LogP contribution in [0.4, 0.5) is 5.69 Å². The molecule has 0 aliphatic carbocycles. The molecule has 238 valence electrons. The minimum absolute atomic E-state index is 0.607. The fourth-order valence-corrected chi connectivity index (χ4v) is 8.19. The highest BCUT2D eigenvalue weighted by Crippen LogP contribution is 2.30. The van der Waals surface area contributed by atoms with Crippen molar-refractivity contribution < 1.29 is 8.42 Å². The van der Waals surface area contributed by atoms with Gasteiger partial charge in [0.15, 0.2) is 0 Å². The molecule has 0 amide bonds. The van der Waals surface area contributed by atoms with Gasteiger partial charge in [0.1, 0.15) is 0 Å². The van der Waals surface area contributed by atoms with Gasteiger partial charge in [0.05, 0.1) is 24.3 Å². The Balaban J connectivity index is 1.58. The van der Waals surface area contributed by atoms with Crippen LogP contribution in [0.15, 0.2) is 70.5 Å². The first kappa shape index (κ1) is 35.1. The van der Waals surface area contributed by atoms with Crippen molar-refractivity contribution in [3.8, 4) is 0 Å². The van der Waals surface area contributed by atoms with Gasteiger partial charge in [-0.2, -0.15) is 0 Å². The number of benzene rings is 3. The van der Waals surface area contributed by atoms with Crippen LogP contribution in [0.1, 0.15) is 57.9 Å². The first-order chi connectivity index (χ1) is 20.4. The summed E-state index contributed by atoms with van der Waals surface area (Å²) in [5, 5.41) is 2.05. The average molecular weight is 627 g/mol. The summed E-state index contributed by atoms with van der Waals surface area (Å²) < 4.78 is 33.4. The molecule has 6 nitrogen and oxygen atoms in total. The van der Waals surface area contributed by atoms with Crippen LogP contribution in [-0.2, 0) is 19.4 Å². The number of nitrogens with zero attached hydrogens (tertiary/aromatic N) is 2. The summed E-state index contributed by atoms with van der Waals surface area (Å²) in [4.78, 5) is 6.08. The van der Waals surface area contributed by atoms with E-state index in [-0.39, 0.29) is 0 Å². The van der Waals surface area contributed by atoms with E-state index in [0.717, 1.165) is 64.3 Å². The normalized spacial score (nSPS) is 15.3. The van der Waals surface area contributed by atoms with Crippen LogP contribution in [0, 0.1) is 12.8 Å². The molecule has 0 heterocycles. The molecular weight excluding hydrogens is 573 g/mol. The standard InChI is InChI=1S/C35H54N4O2S2/c1-8-9-10-15-30(3)28-39(26-13-24-36-42(6,40)31-22-20-29(2)21-23-31)27-14-25-37-43(7,41)35-19-12-16-32-33(35)17-11-18-34(32)38(4)5/h11-12,16-23,30H,6-10,13-15,24-28H2,1-5H3,(H,36,40)(H,37,41). The molecule has 3 aromatic rings. The lowest BCUT2D eigenvalue weighted by molar-refractivity contribution is 0.226. The summed E-state index contributed by atoms with van der Waals surface area (Å²) in [7, 11) is -1.14. The van der Waals surface area contributed by atoms with E-state index in [1.54, 1.807) is 0 Å². The number of unbranched alkanes of at least 4 members (excludes halogenated alkanes) is 2. The molecular formula is C35H54N4O2S2. The summed E-state index contributed by atoms with van der Waals surface area (Å²) in [6, 6.07) is 19.8. The van der Waals surface area contributed by atoms with Gasteiger partial charge in [0.2, 0.25) is 0 Å². The van der Waals surface area contributed by atoms with E-state index in [9.17, 15) is 8.42 Å². The SMILES string of the molecule is C=S(=O)(NCCCN(CCCNS(=C)(=O)c1cccc2c(N(C)C)cccc12)CC(C)CCCCC)c1ccc(C)cc1. The molecule has 43 heavy (non-hydrogen) atoms. The van der Waals surface area contributed by atoms with Crippen molar-refractivity contribution in [3.05, 3.63) is 66.2 Å². The quantitative estimate of drug-likeness (QED) is 0.120. The summed E-state index contributed by atoms with van der Waals surface area (Å²) in [5.41, 5.74) is 2.24. The van der Waals surface area contributed by atoms with Crippen molar-refractivity contribution in [2.45, 2.75) is 69.1 Å². The second-order valence-electron chi connectivity index (χ2n) is 12.1. The molecule has 0 fully saturated rings. The molecule has 0 radical (unpaired) electrons. The van der Waals surface area contributed by atoms with Gasteiger partial charge in [-0.1, -0.05) is 75.1 Å². The monoisotopic (exact) mass is 626 g/mol. The summed E-state index contributed by atoms with van der Waals surface area (Å²) in [5.74, 6) is 8.72. The smallest absolute Gasteiger partial charge is 0.0539 e.